The first-order valence-electron chi connectivity index (χ1n) is 6.93. The van der Waals surface area contributed by atoms with E-state index in [0.717, 1.165) is 11.1 Å². The molecule has 0 bridgehead atoms. The summed E-state index contributed by atoms with van der Waals surface area (Å²) in [6.07, 6.45) is 13.4. The van der Waals surface area contributed by atoms with Crippen LogP contribution in [0.1, 0.15) is 72.1 Å². The number of hydrogen-bond acceptors (Lipinski definition) is 0. The minimum atomic E-state index is 0.790. The topological polar surface area (TPSA) is 0 Å². The molecule has 0 heterocycles. The first-order chi connectivity index (χ1) is 7.18. The van der Waals surface area contributed by atoms with Crippen molar-refractivity contribution in [3.8, 4) is 0 Å². The van der Waals surface area contributed by atoms with E-state index in [-0.39, 0.29) is 0 Å². The number of hydrogen-bond donors (Lipinski definition) is 0. The van der Waals surface area contributed by atoms with E-state index in [1.165, 1.54) is 66.1 Å². The molecule has 0 aromatic rings. The molecule has 0 amide bonds. The normalized spacial score (nSPS) is 21.6. The van der Waals surface area contributed by atoms with Gasteiger partial charge in [-0.2, -0.15) is 0 Å². The van der Waals surface area contributed by atoms with Gasteiger partial charge in [-0.15, -0.1) is 8.58 Å². The van der Waals surface area contributed by atoms with Crippen molar-refractivity contribution in [3.05, 3.63) is 0 Å². The molecule has 1 heteroatoms. The van der Waals surface area contributed by atoms with Crippen molar-refractivity contribution >= 4 is 8.58 Å². The van der Waals surface area contributed by atoms with E-state index in [1.807, 2.05) is 0 Å². The van der Waals surface area contributed by atoms with Crippen molar-refractivity contribution in [1.29, 1.82) is 0 Å². The summed E-state index contributed by atoms with van der Waals surface area (Å²) in [5, 5.41) is 0.790. The highest BCUT2D eigenvalue weighted by molar-refractivity contribution is 7.40. The van der Waals surface area contributed by atoms with Gasteiger partial charge in [0.05, 0.1) is 0 Å². The molecule has 1 saturated carbocycles. The van der Waals surface area contributed by atoms with Gasteiger partial charge in [-0.05, 0) is 36.5 Å². The van der Waals surface area contributed by atoms with Crippen LogP contribution in [0.25, 0.3) is 0 Å². The molecule has 90 valence electrons. The second kappa shape index (κ2) is 6.89. The molecule has 0 spiro atoms. The third-order valence-corrected chi connectivity index (χ3v) is 6.23. The predicted molar refractivity (Wildman–Crippen MR) is 73.4 cm³/mol. The van der Waals surface area contributed by atoms with Crippen LogP contribution in [0, 0.1) is 5.92 Å². The Morgan fingerprint density at radius 3 is 2.33 bits per heavy atom. The summed E-state index contributed by atoms with van der Waals surface area (Å²) in [5.41, 5.74) is 0. The quantitative estimate of drug-likeness (QED) is 0.547. The first-order valence-corrected chi connectivity index (χ1v) is 8.14. The number of rotatable bonds is 6. The lowest BCUT2D eigenvalue weighted by atomic mass is 9.84. The molecule has 1 rings (SSSR count). The fourth-order valence-corrected chi connectivity index (χ4v) is 4.58. The minimum Gasteiger partial charge on any atom is -0.115 e. The summed E-state index contributed by atoms with van der Waals surface area (Å²) in [6, 6.07) is 0. The summed E-state index contributed by atoms with van der Waals surface area (Å²) in [5.74, 6) is 0.906. The van der Waals surface area contributed by atoms with Crippen LogP contribution in [0.5, 0.6) is 0 Å². The third kappa shape index (κ3) is 4.85. The molecular weight excluding hydrogens is 199 g/mol. The number of unbranched alkanes of at least 4 members (excludes halogenated alkanes) is 1. The summed E-state index contributed by atoms with van der Waals surface area (Å²) in [6.45, 7) is 7.09. The molecule has 0 radical (unpaired) electrons. The van der Waals surface area contributed by atoms with Crippen molar-refractivity contribution in [2.75, 3.05) is 6.16 Å². The molecular formula is C14H29P. The molecule has 15 heavy (non-hydrogen) atoms. The zero-order valence-corrected chi connectivity index (χ0v) is 11.9. The standard InChI is InChI=1S/C14H29P/c1-4-5-9-14(15-12-13(2)3)10-7-6-8-11-14/h13,15H,4-12H2,1-3H3. The zero-order chi connectivity index (χ0) is 11.1. The fraction of sp³-hybridized carbons (Fsp3) is 1.00. The van der Waals surface area contributed by atoms with E-state index in [0.29, 0.717) is 0 Å². The zero-order valence-electron chi connectivity index (χ0n) is 10.9. The highest BCUT2D eigenvalue weighted by Crippen LogP contribution is 2.48. The second-order valence-corrected chi connectivity index (χ2v) is 7.54. The van der Waals surface area contributed by atoms with Crippen molar-refractivity contribution in [3.63, 3.8) is 0 Å². The van der Waals surface area contributed by atoms with Gasteiger partial charge >= 0.3 is 0 Å². The van der Waals surface area contributed by atoms with Gasteiger partial charge in [0.25, 0.3) is 0 Å². The van der Waals surface area contributed by atoms with Gasteiger partial charge in [-0.1, -0.05) is 52.9 Å². The third-order valence-electron chi connectivity index (χ3n) is 3.70. The Balaban J connectivity index is 2.42. The maximum Gasteiger partial charge on any atom is -0.0122 e. The van der Waals surface area contributed by atoms with E-state index in [1.54, 1.807) is 0 Å². The summed E-state index contributed by atoms with van der Waals surface area (Å²) >= 11 is 0. The second-order valence-electron chi connectivity index (χ2n) is 5.72. The van der Waals surface area contributed by atoms with E-state index < -0.39 is 0 Å². The highest BCUT2D eigenvalue weighted by Gasteiger charge is 2.30. The van der Waals surface area contributed by atoms with Crippen LogP contribution in [0.3, 0.4) is 0 Å². The van der Waals surface area contributed by atoms with Gasteiger partial charge < -0.3 is 0 Å². The summed E-state index contributed by atoms with van der Waals surface area (Å²) in [7, 11) is 1.24. The van der Waals surface area contributed by atoms with Crippen molar-refractivity contribution in [1.82, 2.24) is 0 Å². The first kappa shape index (κ1) is 13.5. The Kier molecular flexibility index (Phi) is 6.20. The molecule has 1 aliphatic carbocycles. The van der Waals surface area contributed by atoms with Crippen molar-refractivity contribution in [2.24, 2.45) is 5.92 Å². The van der Waals surface area contributed by atoms with Crippen LogP contribution in [0.15, 0.2) is 0 Å². The van der Waals surface area contributed by atoms with E-state index >= 15 is 0 Å². The lowest BCUT2D eigenvalue weighted by molar-refractivity contribution is 0.365. The van der Waals surface area contributed by atoms with Gasteiger partial charge in [0.1, 0.15) is 0 Å². The maximum atomic E-state index is 2.38. The van der Waals surface area contributed by atoms with Gasteiger partial charge in [0, 0.05) is 0 Å². The molecule has 1 fully saturated rings. The molecule has 0 saturated heterocycles. The van der Waals surface area contributed by atoms with Crippen molar-refractivity contribution < 1.29 is 0 Å². The largest absolute Gasteiger partial charge is 0.115 e. The Labute approximate surface area is 98.4 Å². The van der Waals surface area contributed by atoms with E-state index in [9.17, 15) is 0 Å². The fourth-order valence-electron chi connectivity index (χ4n) is 2.68. The van der Waals surface area contributed by atoms with Crippen LogP contribution in [-0.4, -0.2) is 11.3 Å². The molecule has 0 N–H and O–H groups in total. The monoisotopic (exact) mass is 228 g/mol. The maximum absolute atomic E-state index is 2.38. The average molecular weight is 228 g/mol. The Morgan fingerprint density at radius 1 is 1.13 bits per heavy atom. The summed E-state index contributed by atoms with van der Waals surface area (Å²) in [4.78, 5) is 0. The van der Waals surface area contributed by atoms with Crippen LogP contribution < -0.4 is 0 Å². The molecule has 1 unspecified atom stereocenters. The van der Waals surface area contributed by atoms with Gasteiger partial charge in [0.2, 0.25) is 0 Å². The van der Waals surface area contributed by atoms with E-state index in [2.05, 4.69) is 20.8 Å². The van der Waals surface area contributed by atoms with Gasteiger partial charge in [-0.3, -0.25) is 0 Å². The molecule has 1 atom stereocenters. The van der Waals surface area contributed by atoms with Crippen molar-refractivity contribution in [2.45, 2.75) is 77.3 Å². The highest BCUT2D eigenvalue weighted by atomic mass is 31.1. The van der Waals surface area contributed by atoms with Crippen LogP contribution in [0.4, 0.5) is 0 Å². The smallest absolute Gasteiger partial charge is 0.0122 e. The molecule has 0 aliphatic heterocycles. The van der Waals surface area contributed by atoms with Crippen LogP contribution >= 0.6 is 8.58 Å². The minimum absolute atomic E-state index is 0.790. The summed E-state index contributed by atoms with van der Waals surface area (Å²) < 4.78 is 0. The van der Waals surface area contributed by atoms with Crippen LogP contribution in [-0.2, 0) is 0 Å². The Morgan fingerprint density at radius 2 is 1.80 bits per heavy atom. The van der Waals surface area contributed by atoms with Crippen LogP contribution in [0.2, 0.25) is 0 Å². The lowest BCUT2D eigenvalue weighted by Gasteiger charge is -2.38. The molecule has 0 nitrogen and oxygen atoms in total. The molecule has 0 aromatic heterocycles. The molecule has 0 aromatic carbocycles. The molecule has 1 aliphatic rings. The van der Waals surface area contributed by atoms with E-state index in [4.69, 9.17) is 0 Å². The Hall–Kier alpha value is 0.430. The predicted octanol–water partition coefficient (Wildman–Crippen LogP) is 5.21. The Bertz CT molecular complexity index is 157. The average Bonchev–Trinajstić information content (AvgIpc) is 2.25. The lowest BCUT2D eigenvalue weighted by Crippen LogP contribution is -2.27. The SMILES string of the molecule is CCCCC1(PCC(C)C)CCCCC1. The van der Waals surface area contributed by atoms with Gasteiger partial charge in [0.15, 0.2) is 0 Å². The van der Waals surface area contributed by atoms with Gasteiger partial charge in [-0.25, -0.2) is 0 Å².